The lowest BCUT2D eigenvalue weighted by Crippen LogP contribution is -2.03. The van der Waals surface area contributed by atoms with Crippen LogP contribution in [0.15, 0.2) is 24.7 Å². The maximum atomic E-state index is 5.71. The van der Waals surface area contributed by atoms with Crippen molar-refractivity contribution in [2.24, 2.45) is 0 Å². The van der Waals surface area contributed by atoms with E-state index in [4.69, 9.17) is 11.6 Å². The summed E-state index contributed by atoms with van der Waals surface area (Å²) >= 11 is 5.71. The number of rotatable bonds is 2. The highest BCUT2D eigenvalue weighted by Crippen LogP contribution is 2.08. The van der Waals surface area contributed by atoms with E-state index in [2.05, 4.69) is 15.1 Å². The van der Waals surface area contributed by atoms with Crippen molar-refractivity contribution in [3.8, 4) is 5.82 Å². The first-order chi connectivity index (χ1) is 6.81. The van der Waals surface area contributed by atoms with Gasteiger partial charge in [-0.3, -0.25) is 0 Å². The number of pyridine rings is 1. The fourth-order valence-electron chi connectivity index (χ4n) is 1.18. The Kier molecular flexibility index (Phi) is 2.45. The monoisotopic (exact) mass is 208 g/mol. The van der Waals surface area contributed by atoms with E-state index in [-0.39, 0.29) is 0 Å². The highest BCUT2D eigenvalue weighted by Gasteiger charge is 2.05. The van der Waals surface area contributed by atoms with E-state index in [1.54, 1.807) is 10.9 Å². The molecule has 0 N–H and O–H groups in total. The highest BCUT2D eigenvalue weighted by atomic mass is 35.5. The topological polar surface area (TPSA) is 43.6 Å². The quantitative estimate of drug-likeness (QED) is 0.706. The molecule has 0 aliphatic heterocycles. The molecule has 72 valence electrons. The van der Waals surface area contributed by atoms with E-state index in [1.807, 2.05) is 19.1 Å². The van der Waals surface area contributed by atoms with Gasteiger partial charge in [-0.2, -0.15) is 9.78 Å². The Balaban J connectivity index is 2.49. The van der Waals surface area contributed by atoms with Gasteiger partial charge in [0.2, 0.25) is 0 Å². The van der Waals surface area contributed by atoms with E-state index in [0.29, 0.717) is 11.7 Å². The molecule has 0 aliphatic rings. The van der Waals surface area contributed by atoms with Gasteiger partial charge < -0.3 is 0 Å². The molecule has 2 heterocycles. The molecule has 2 rings (SSSR count). The fourth-order valence-corrected chi connectivity index (χ4v) is 1.37. The number of alkyl halides is 1. The molecular weight excluding hydrogens is 200 g/mol. The second-order valence-electron chi connectivity index (χ2n) is 2.91. The van der Waals surface area contributed by atoms with Gasteiger partial charge in [-0.15, -0.1) is 11.6 Å². The minimum Gasteiger partial charge on any atom is -0.237 e. The van der Waals surface area contributed by atoms with Gasteiger partial charge in [0.05, 0.1) is 5.88 Å². The van der Waals surface area contributed by atoms with Crippen molar-refractivity contribution in [1.29, 1.82) is 0 Å². The molecule has 14 heavy (non-hydrogen) atoms. The van der Waals surface area contributed by atoms with E-state index >= 15 is 0 Å². The Morgan fingerprint density at radius 1 is 1.43 bits per heavy atom. The van der Waals surface area contributed by atoms with Crippen LogP contribution in [0.2, 0.25) is 0 Å². The summed E-state index contributed by atoms with van der Waals surface area (Å²) in [5.41, 5.74) is 1.13. The second kappa shape index (κ2) is 3.75. The third kappa shape index (κ3) is 1.61. The molecule has 0 bridgehead atoms. The zero-order valence-corrected chi connectivity index (χ0v) is 8.44. The van der Waals surface area contributed by atoms with Crippen LogP contribution in [-0.2, 0) is 5.88 Å². The van der Waals surface area contributed by atoms with E-state index < -0.39 is 0 Å². The third-order valence-corrected chi connectivity index (χ3v) is 2.09. The number of hydrogen-bond donors (Lipinski definition) is 0. The number of aromatic nitrogens is 4. The fraction of sp³-hybridized carbons (Fsp3) is 0.222. The summed E-state index contributed by atoms with van der Waals surface area (Å²) < 4.78 is 1.64. The van der Waals surface area contributed by atoms with Gasteiger partial charge in [0, 0.05) is 6.20 Å². The summed E-state index contributed by atoms with van der Waals surface area (Å²) in [6, 6.07) is 3.87. The van der Waals surface area contributed by atoms with Crippen molar-refractivity contribution in [3.63, 3.8) is 0 Å². The zero-order valence-electron chi connectivity index (χ0n) is 7.68. The van der Waals surface area contributed by atoms with Gasteiger partial charge in [0.15, 0.2) is 5.82 Å². The molecule has 0 aromatic carbocycles. The predicted molar refractivity (Wildman–Crippen MR) is 53.4 cm³/mol. The predicted octanol–water partition coefficient (Wildman–Crippen LogP) is 1.71. The molecule has 0 spiro atoms. The lowest BCUT2D eigenvalue weighted by atomic mass is 10.3. The molecular formula is C9H9ClN4. The van der Waals surface area contributed by atoms with Crippen LogP contribution in [0, 0.1) is 6.92 Å². The van der Waals surface area contributed by atoms with Crippen molar-refractivity contribution >= 4 is 11.6 Å². The molecule has 5 heteroatoms. The van der Waals surface area contributed by atoms with Gasteiger partial charge in [-0.05, 0) is 24.6 Å². The maximum Gasteiger partial charge on any atom is 0.155 e. The summed E-state index contributed by atoms with van der Waals surface area (Å²) in [4.78, 5) is 8.21. The second-order valence-corrected chi connectivity index (χ2v) is 3.18. The Morgan fingerprint density at radius 2 is 2.29 bits per heavy atom. The lowest BCUT2D eigenvalue weighted by molar-refractivity contribution is 0.803. The Labute approximate surface area is 86.6 Å². The molecule has 4 nitrogen and oxygen atoms in total. The molecule has 0 saturated carbocycles. The van der Waals surface area contributed by atoms with E-state index in [0.717, 1.165) is 11.4 Å². The van der Waals surface area contributed by atoms with Gasteiger partial charge in [-0.25, -0.2) is 9.97 Å². The summed E-state index contributed by atoms with van der Waals surface area (Å²) in [7, 11) is 0. The first-order valence-corrected chi connectivity index (χ1v) is 4.72. The number of halogens is 1. The molecule has 0 atom stereocenters. The SMILES string of the molecule is Cc1ccnc(-n2ncnc2CCl)c1. The highest BCUT2D eigenvalue weighted by molar-refractivity contribution is 6.16. The Hall–Kier alpha value is -1.42. The number of hydrogen-bond acceptors (Lipinski definition) is 3. The van der Waals surface area contributed by atoms with Crippen molar-refractivity contribution in [2.45, 2.75) is 12.8 Å². The van der Waals surface area contributed by atoms with Crippen LogP contribution in [0.4, 0.5) is 0 Å². The Morgan fingerprint density at radius 3 is 3.00 bits per heavy atom. The summed E-state index contributed by atoms with van der Waals surface area (Å²) in [6.07, 6.45) is 3.21. The Bertz CT molecular complexity index is 438. The molecule has 0 unspecified atom stereocenters. The largest absolute Gasteiger partial charge is 0.237 e. The van der Waals surface area contributed by atoms with Crippen molar-refractivity contribution in [1.82, 2.24) is 19.7 Å². The maximum absolute atomic E-state index is 5.71. The average Bonchev–Trinajstić information content (AvgIpc) is 2.65. The average molecular weight is 209 g/mol. The van der Waals surface area contributed by atoms with Gasteiger partial charge in [0.1, 0.15) is 12.2 Å². The molecule has 2 aromatic heterocycles. The van der Waals surface area contributed by atoms with Gasteiger partial charge in [0.25, 0.3) is 0 Å². The third-order valence-electron chi connectivity index (χ3n) is 1.86. The van der Waals surface area contributed by atoms with Gasteiger partial charge in [-0.1, -0.05) is 0 Å². The zero-order chi connectivity index (χ0) is 9.97. The number of aryl methyl sites for hydroxylation is 1. The summed E-state index contributed by atoms with van der Waals surface area (Å²) in [5, 5.41) is 4.06. The lowest BCUT2D eigenvalue weighted by Gasteiger charge is -2.02. The van der Waals surface area contributed by atoms with Gasteiger partial charge >= 0.3 is 0 Å². The molecule has 0 radical (unpaired) electrons. The minimum atomic E-state index is 0.329. The van der Waals surface area contributed by atoms with E-state index in [9.17, 15) is 0 Å². The summed E-state index contributed by atoms with van der Waals surface area (Å²) in [5.74, 6) is 1.78. The standard InChI is InChI=1S/C9H9ClN4/c1-7-2-3-11-8(4-7)14-9(5-10)12-6-13-14/h2-4,6H,5H2,1H3. The summed E-state index contributed by atoms with van der Waals surface area (Å²) in [6.45, 7) is 2.00. The molecule has 0 aliphatic carbocycles. The van der Waals surface area contributed by atoms with Crippen LogP contribution in [0.3, 0.4) is 0 Å². The molecule has 0 fully saturated rings. The molecule has 0 saturated heterocycles. The van der Waals surface area contributed by atoms with Crippen LogP contribution in [-0.4, -0.2) is 19.7 Å². The van der Waals surface area contributed by atoms with Crippen molar-refractivity contribution in [3.05, 3.63) is 36.0 Å². The van der Waals surface area contributed by atoms with Crippen LogP contribution in [0.25, 0.3) is 5.82 Å². The smallest absolute Gasteiger partial charge is 0.155 e. The normalized spacial score (nSPS) is 10.4. The first kappa shape index (κ1) is 9.15. The van der Waals surface area contributed by atoms with Crippen molar-refractivity contribution < 1.29 is 0 Å². The first-order valence-electron chi connectivity index (χ1n) is 4.19. The van der Waals surface area contributed by atoms with Crippen LogP contribution in [0.1, 0.15) is 11.4 Å². The minimum absolute atomic E-state index is 0.329. The van der Waals surface area contributed by atoms with E-state index in [1.165, 1.54) is 6.33 Å². The van der Waals surface area contributed by atoms with Crippen LogP contribution in [0.5, 0.6) is 0 Å². The molecule has 0 amide bonds. The van der Waals surface area contributed by atoms with Crippen LogP contribution < -0.4 is 0 Å². The van der Waals surface area contributed by atoms with Crippen LogP contribution >= 0.6 is 11.6 Å². The number of nitrogens with zero attached hydrogens (tertiary/aromatic N) is 4. The molecule has 2 aromatic rings. The van der Waals surface area contributed by atoms with Crippen molar-refractivity contribution in [2.75, 3.05) is 0 Å².